The van der Waals surface area contributed by atoms with Gasteiger partial charge in [-0.15, -0.1) is 0 Å². The second-order valence-corrected chi connectivity index (χ2v) is 0.315. The molecule has 0 aromatic heterocycles. The van der Waals surface area contributed by atoms with Gasteiger partial charge in [-0.1, -0.05) is 0 Å². The molecule has 2 heteroatoms. The number of hydrogen-bond donors (Lipinski definition) is 0. The first-order valence-electron chi connectivity index (χ1n) is 0.875. The number of rotatable bonds is 0. The Labute approximate surface area is 24.2 Å². The third-order valence-corrected chi connectivity index (χ3v) is 0.0913. The monoisotopic (exact) mass is 57.0 g/mol. The first kappa shape index (κ1) is 3.38. The first-order chi connectivity index (χ1) is 1.91. The van der Waals surface area contributed by atoms with Crippen molar-refractivity contribution < 1.29 is 4.79 Å². The highest BCUT2D eigenvalue weighted by atomic mass is 16.1. The molecule has 0 rings (SSSR count). The van der Waals surface area contributed by atoms with Crippen molar-refractivity contribution in [3.8, 4) is 0 Å². The van der Waals surface area contributed by atoms with Crippen LogP contribution in [0.1, 0.15) is 0 Å². The molecule has 0 aliphatic heterocycles. The van der Waals surface area contributed by atoms with Gasteiger partial charge in [-0.2, -0.15) is 4.79 Å². The highest BCUT2D eigenvalue weighted by Crippen LogP contribution is 0.984. The maximum atomic E-state index is 8.88. The largest absolute Gasteiger partial charge is 0.496 e. The maximum absolute atomic E-state index is 8.88. The molecule has 0 aromatic rings. The zero-order valence-corrected chi connectivity index (χ0v) is 2.36. The molecule has 0 aliphatic carbocycles. The fourth-order valence-electron chi connectivity index (χ4n) is 0. The van der Waals surface area contributed by atoms with Gasteiger partial charge in [0.05, 0.1) is 0 Å². The van der Waals surface area contributed by atoms with Crippen molar-refractivity contribution in [2.45, 2.75) is 0 Å². The van der Waals surface area contributed by atoms with E-state index in [1.807, 2.05) is 0 Å². The molecular weight excluding hydrogens is 54.0 g/mol. The molecule has 4 heavy (non-hydrogen) atoms. The SMILES string of the molecule is C[N+]=C=O. The minimum atomic E-state index is 1.31. The molecule has 0 aliphatic rings. The molecule has 21 valence electrons. The molecule has 0 bridgehead atoms. The molecule has 0 saturated carbocycles. The van der Waals surface area contributed by atoms with E-state index in [0.29, 0.717) is 0 Å². The van der Waals surface area contributed by atoms with E-state index in [2.05, 4.69) is 4.99 Å². The van der Waals surface area contributed by atoms with E-state index >= 15 is 0 Å². The van der Waals surface area contributed by atoms with Gasteiger partial charge >= 0.3 is 6.08 Å². The summed E-state index contributed by atoms with van der Waals surface area (Å²) in [7, 11) is 1.38. The van der Waals surface area contributed by atoms with Crippen molar-refractivity contribution in [3.05, 3.63) is 0 Å². The molecule has 0 N–H and O–H groups in total. The van der Waals surface area contributed by atoms with E-state index in [1.54, 1.807) is 0 Å². The third kappa shape index (κ3) is 1.38. The average Bonchev–Trinajstić information content (AvgIpc) is 1.37. The quantitative estimate of drug-likeness (QED) is 0.267. The van der Waals surface area contributed by atoms with Crippen molar-refractivity contribution in [1.82, 2.24) is 4.99 Å². The normalized spacial score (nSPS) is 4.25. The van der Waals surface area contributed by atoms with Crippen molar-refractivity contribution >= 4 is 6.08 Å². The Hall–Kier alpha value is -0.620. The second kappa shape index (κ2) is 2.38. The highest BCUT2D eigenvalue weighted by Gasteiger charge is 1.54. The summed E-state index contributed by atoms with van der Waals surface area (Å²) in [6.07, 6.45) is 1.31. The van der Waals surface area contributed by atoms with E-state index in [0.717, 1.165) is 0 Å². The van der Waals surface area contributed by atoms with Crippen LogP contribution in [-0.4, -0.2) is 13.1 Å². The van der Waals surface area contributed by atoms with Gasteiger partial charge in [-0.3, -0.25) is 0 Å². The van der Waals surface area contributed by atoms with Crippen LogP contribution in [-0.2, 0) is 4.79 Å². The van der Waals surface area contributed by atoms with E-state index in [9.17, 15) is 0 Å². The Balaban J connectivity index is 3.11. The van der Waals surface area contributed by atoms with Gasteiger partial charge < -0.3 is 0 Å². The summed E-state index contributed by atoms with van der Waals surface area (Å²) in [6, 6.07) is 0. The van der Waals surface area contributed by atoms with Gasteiger partial charge in [-0.05, 0) is 0 Å². The van der Waals surface area contributed by atoms with Crippen LogP contribution in [0.5, 0.6) is 0 Å². The summed E-state index contributed by atoms with van der Waals surface area (Å²) in [5.41, 5.74) is 0. The summed E-state index contributed by atoms with van der Waals surface area (Å²) < 4.78 is 0. The van der Waals surface area contributed by atoms with Gasteiger partial charge in [0, 0.05) is 0 Å². The highest BCUT2D eigenvalue weighted by molar-refractivity contribution is 5.30. The van der Waals surface area contributed by atoms with Gasteiger partial charge in [-0.25, -0.2) is 0 Å². The van der Waals surface area contributed by atoms with Crippen LogP contribution >= 0.6 is 0 Å². The van der Waals surface area contributed by atoms with Crippen LogP contribution < -0.4 is 4.99 Å². The van der Waals surface area contributed by atoms with E-state index in [4.69, 9.17) is 4.79 Å². The number of carbonyl (C=O) groups excluding carboxylic acids is 1. The van der Waals surface area contributed by atoms with Crippen LogP contribution in [0.3, 0.4) is 0 Å². The summed E-state index contributed by atoms with van der Waals surface area (Å²) >= 11 is 0. The minimum absolute atomic E-state index is 1.31. The van der Waals surface area contributed by atoms with E-state index in [1.165, 1.54) is 13.1 Å². The zero-order valence-electron chi connectivity index (χ0n) is 2.36. The molecule has 0 unspecified atom stereocenters. The molecule has 0 amide bonds. The van der Waals surface area contributed by atoms with Crippen molar-refractivity contribution in [2.75, 3.05) is 7.05 Å². The van der Waals surface area contributed by atoms with Crippen LogP contribution in [0.25, 0.3) is 0 Å². The Morgan fingerprint density at radius 3 is 2.25 bits per heavy atom. The first-order valence-corrected chi connectivity index (χ1v) is 0.875. The summed E-state index contributed by atoms with van der Waals surface area (Å²) in [4.78, 5) is 11.8. The Morgan fingerprint density at radius 1 is 2.00 bits per heavy atom. The Bertz CT molecular complexity index is 44.0. The molecule has 0 aromatic carbocycles. The second-order valence-electron chi connectivity index (χ2n) is 0.315. The Kier molecular flexibility index (Phi) is 2.01. The fourth-order valence-corrected chi connectivity index (χ4v) is 0. The molecule has 0 spiro atoms. The lowest BCUT2D eigenvalue weighted by Gasteiger charge is -1.11. The van der Waals surface area contributed by atoms with Gasteiger partial charge in [0.15, 0.2) is 0 Å². The minimum Gasteiger partial charge on any atom is -0.154 e. The summed E-state index contributed by atoms with van der Waals surface area (Å²) in [6.45, 7) is 0. The zero-order chi connectivity index (χ0) is 3.41. The van der Waals surface area contributed by atoms with Gasteiger partial charge in [0.2, 0.25) is 7.05 Å². The predicted octanol–water partition coefficient (Wildman–Crippen LogP) is -0.712. The third-order valence-electron chi connectivity index (χ3n) is 0.0913. The van der Waals surface area contributed by atoms with Crippen LogP contribution in [0.2, 0.25) is 0 Å². The molecule has 0 atom stereocenters. The number of aliphatic imine (C=N–C) groups is 1. The maximum Gasteiger partial charge on any atom is 0.496 e. The molecule has 0 heterocycles. The number of nitrogens with zero attached hydrogens (tertiary/aromatic N) is 1. The Morgan fingerprint density at radius 2 is 2.25 bits per heavy atom. The van der Waals surface area contributed by atoms with Gasteiger partial charge in [0.1, 0.15) is 4.99 Å². The van der Waals surface area contributed by atoms with Gasteiger partial charge in [0.25, 0.3) is 0 Å². The average molecular weight is 57.1 g/mol. The molecule has 0 fully saturated rings. The summed E-state index contributed by atoms with van der Waals surface area (Å²) in [5, 5.41) is 0. The fraction of sp³-hybridized carbons (Fsp3) is 0.500. The van der Waals surface area contributed by atoms with Crippen molar-refractivity contribution in [3.63, 3.8) is 0 Å². The van der Waals surface area contributed by atoms with Crippen molar-refractivity contribution in [2.24, 2.45) is 0 Å². The van der Waals surface area contributed by atoms with E-state index in [-0.39, 0.29) is 0 Å². The lowest BCUT2D eigenvalue weighted by Crippen LogP contribution is -1.65. The molecular formula is C2H3NO+. The smallest absolute Gasteiger partial charge is 0.154 e. The predicted molar refractivity (Wildman–Crippen MR) is 13.8 cm³/mol. The van der Waals surface area contributed by atoms with Crippen LogP contribution in [0.15, 0.2) is 0 Å². The number of hydrogen-bond acceptors (Lipinski definition) is 2. The lowest BCUT2D eigenvalue weighted by atomic mass is 11.4. The number of isocyanates is 1. The molecule has 1 radical (unpaired) electrons. The summed E-state index contributed by atoms with van der Waals surface area (Å²) in [5.74, 6) is 0. The lowest BCUT2D eigenvalue weighted by molar-refractivity contribution is 0.562. The topological polar surface area (TPSA) is 31.2 Å². The standard InChI is InChI=1S/C2H3NO/c1-3-2-4/h1H3/q+1. The molecule has 0 saturated heterocycles. The van der Waals surface area contributed by atoms with Crippen LogP contribution in [0, 0.1) is 0 Å². The van der Waals surface area contributed by atoms with Crippen LogP contribution in [0.4, 0.5) is 0 Å². The van der Waals surface area contributed by atoms with Crippen molar-refractivity contribution in [1.29, 1.82) is 0 Å². The van der Waals surface area contributed by atoms with E-state index < -0.39 is 0 Å². The molecule has 2 nitrogen and oxygen atoms in total.